The van der Waals surface area contributed by atoms with Crippen LogP contribution in [0.2, 0.25) is 0 Å². The minimum absolute atomic E-state index is 0.113. The molecule has 0 saturated heterocycles. The molecule has 16 heavy (non-hydrogen) atoms. The summed E-state index contributed by atoms with van der Waals surface area (Å²) in [6, 6.07) is 5.05. The maximum atomic E-state index is 10.6. The van der Waals surface area contributed by atoms with Crippen molar-refractivity contribution in [2.45, 2.75) is 6.61 Å². The molecule has 0 amide bonds. The maximum Gasteiger partial charge on any atom is 0.188 e. The molecule has 0 N–H and O–H groups in total. The Morgan fingerprint density at radius 2 is 2.12 bits per heavy atom. The standard InChI is InChI=1S/C11H14O5/c1-13-8-15-11-5-9(6-12)3-4-10(11)7-16-14-2/h3-6H,7-8H2,1-2H3. The van der Waals surface area contributed by atoms with Gasteiger partial charge in [-0.3, -0.25) is 4.79 Å². The molecule has 88 valence electrons. The first-order valence-corrected chi connectivity index (χ1v) is 4.67. The van der Waals surface area contributed by atoms with Gasteiger partial charge in [0.15, 0.2) is 6.79 Å². The van der Waals surface area contributed by atoms with E-state index < -0.39 is 0 Å². The molecule has 0 radical (unpaired) electrons. The van der Waals surface area contributed by atoms with E-state index in [1.165, 1.54) is 14.2 Å². The molecule has 5 heteroatoms. The Morgan fingerprint density at radius 3 is 2.75 bits per heavy atom. The van der Waals surface area contributed by atoms with Gasteiger partial charge in [-0.1, -0.05) is 12.1 Å². The highest BCUT2D eigenvalue weighted by atomic mass is 17.2. The smallest absolute Gasteiger partial charge is 0.188 e. The molecule has 0 aliphatic rings. The first kappa shape index (κ1) is 12.6. The van der Waals surface area contributed by atoms with Gasteiger partial charge in [0, 0.05) is 18.2 Å². The molecule has 0 aliphatic carbocycles. The lowest BCUT2D eigenvalue weighted by Crippen LogP contribution is -2.03. The van der Waals surface area contributed by atoms with Crippen molar-refractivity contribution in [3.63, 3.8) is 0 Å². The van der Waals surface area contributed by atoms with Crippen LogP contribution in [0.25, 0.3) is 0 Å². The van der Waals surface area contributed by atoms with Gasteiger partial charge in [-0.25, -0.2) is 9.78 Å². The zero-order valence-electron chi connectivity index (χ0n) is 9.26. The quantitative estimate of drug-likeness (QED) is 0.305. The molecular weight excluding hydrogens is 212 g/mol. The molecule has 0 spiro atoms. The number of hydrogen-bond donors (Lipinski definition) is 0. The van der Waals surface area contributed by atoms with Crippen LogP contribution in [0.3, 0.4) is 0 Å². The van der Waals surface area contributed by atoms with Gasteiger partial charge >= 0.3 is 0 Å². The molecule has 0 aliphatic heterocycles. The molecule has 1 rings (SSSR count). The molecule has 0 unspecified atom stereocenters. The summed E-state index contributed by atoms with van der Waals surface area (Å²) in [6.45, 7) is 0.358. The normalized spacial score (nSPS) is 10.1. The topological polar surface area (TPSA) is 54.0 Å². The summed E-state index contributed by atoms with van der Waals surface area (Å²) < 4.78 is 10.1. The second-order valence-electron chi connectivity index (χ2n) is 2.96. The fraction of sp³-hybridized carbons (Fsp3) is 0.364. The molecule has 0 saturated carbocycles. The number of ether oxygens (including phenoxy) is 2. The van der Waals surface area contributed by atoms with Crippen molar-refractivity contribution in [3.05, 3.63) is 29.3 Å². The number of carbonyl (C=O) groups excluding carboxylic acids is 1. The Balaban J connectivity index is 2.82. The fourth-order valence-electron chi connectivity index (χ4n) is 1.14. The summed E-state index contributed by atoms with van der Waals surface area (Å²) in [5, 5.41) is 0. The number of carbonyl (C=O) groups is 1. The van der Waals surface area contributed by atoms with E-state index in [9.17, 15) is 4.79 Å². The molecule has 0 fully saturated rings. The zero-order valence-corrected chi connectivity index (χ0v) is 9.26. The van der Waals surface area contributed by atoms with Crippen molar-refractivity contribution in [3.8, 4) is 5.75 Å². The third-order valence-electron chi connectivity index (χ3n) is 1.89. The summed E-state index contributed by atoms with van der Waals surface area (Å²) in [7, 11) is 2.95. The van der Waals surface area contributed by atoms with Crippen LogP contribution in [-0.4, -0.2) is 27.3 Å². The minimum atomic E-state index is 0.113. The molecule has 1 aromatic rings. The highest BCUT2D eigenvalue weighted by Crippen LogP contribution is 2.21. The van der Waals surface area contributed by atoms with Gasteiger partial charge in [-0.15, -0.1) is 0 Å². The van der Waals surface area contributed by atoms with E-state index in [1.54, 1.807) is 18.2 Å². The number of rotatable bonds is 7. The highest BCUT2D eigenvalue weighted by Gasteiger charge is 2.05. The molecule has 5 nitrogen and oxygen atoms in total. The van der Waals surface area contributed by atoms with Gasteiger partial charge in [-0.2, -0.15) is 0 Å². The van der Waals surface area contributed by atoms with Gasteiger partial charge in [-0.05, 0) is 6.07 Å². The van der Waals surface area contributed by atoms with Crippen molar-refractivity contribution in [1.82, 2.24) is 0 Å². The van der Waals surface area contributed by atoms with Gasteiger partial charge in [0.1, 0.15) is 18.6 Å². The predicted molar refractivity (Wildman–Crippen MR) is 56.1 cm³/mol. The predicted octanol–water partition coefficient (Wildman–Crippen LogP) is 1.56. The Hall–Kier alpha value is -1.43. The summed E-state index contributed by atoms with van der Waals surface area (Å²) >= 11 is 0. The fourth-order valence-corrected chi connectivity index (χ4v) is 1.14. The van der Waals surface area contributed by atoms with Crippen molar-refractivity contribution in [1.29, 1.82) is 0 Å². The molecule has 1 aromatic carbocycles. The average molecular weight is 226 g/mol. The third-order valence-corrected chi connectivity index (χ3v) is 1.89. The molecule has 0 aromatic heterocycles. The average Bonchev–Trinajstić information content (AvgIpc) is 2.34. The second kappa shape index (κ2) is 6.95. The monoisotopic (exact) mass is 226 g/mol. The Kier molecular flexibility index (Phi) is 5.49. The largest absolute Gasteiger partial charge is 0.467 e. The Bertz CT molecular complexity index is 337. The summed E-state index contributed by atoms with van der Waals surface area (Å²) in [6.07, 6.45) is 0.751. The van der Waals surface area contributed by atoms with E-state index in [4.69, 9.17) is 14.4 Å². The number of aldehydes is 1. The molecular formula is C11H14O5. The summed E-state index contributed by atoms with van der Waals surface area (Å²) in [5.74, 6) is 0.545. The van der Waals surface area contributed by atoms with Gasteiger partial charge in [0.05, 0.1) is 7.11 Å². The van der Waals surface area contributed by atoms with Crippen LogP contribution in [0.4, 0.5) is 0 Å². The SMILES string of the molecule is COCOc1cc(C=O)ccc1COOC. The summed E-state index contributed by atoms with van der Waals surface area (Å²) in [4.78, 5) is 19.9. The van der Waals surface area contributed by atoms with E-state index in [0.29, 0.717) is 11.3 Å². The van der Waals surface area contributed by atoms with Crippen molar-refractivity contribution < 1.29 is 24.0 Å². The lowest BCUT2D eigenvalue weighted by molar-refractivity contribution is -0.282. The van der Waals surface area contributed by atoms with Crippen LogP contribution in [0.1, 0.15) is 15.9 Å². The minimum Gasteiger partial charge on any atom is -0.467 e. The van der Waals surface area contributed by atoms with Gasteiger partial charge in [0.2, 0.25) is 0 Å². The molecule has 0 heterocycles. The van der Waals surface area contributed by atoms with Gasteiger partial charge < -0.3 is 9.47 Å². The van der Waals surface area contributed by atoms with Crippen LogP contribution in [0, 0.1) is 0 Å². The van der Waals surface area contributed by atoms with Crippen molar-refractivity contribution in [2.24, 2.45) is 0 Å². The van der Waals surface area contributed by atoms with Crippen molar-refractivity contribution in [2.75, 3.05) is 21.0 Å². The third kappa shape index (κ3) is 3.62. The second-order valence-corrected chi connectivity index (χ2v) is 2.96. The van der Waals surface area contributed by atoms with Crippen LogP contribution >= 0.6 is 0 Å². The van der Waals surface area contributed by atoms with Crippen LogP contribution in [0.15, 0.2) is 18.2 Å². The van der Waals surface area contributed by atoms with Crippen LogP contribution < -0.4 is 4.74 Å². The van der Waals surface area contributed by atoms with E-state index in [-0.39, 0.29) is 13.4 Å². The van der Waals surface area contributed by atoms with Crippen LogP contribution in [0.5, 0.6) is 5.75 Å². The molecule has 0 atom stereocenters. The lowest BCUT2D eigenvalue weighted by atomic mass is 10.1. The summed E-state index contributed by atoms with van der Waals surface area (Å²) in [5.41, 5.74) is 1.32. The van der Waals surface area contributed by atoms with Crippen LogP contribution in [-0.2, 0) is 21.1 Å². The first-order valence-electron chi connectivity index (χ1n) is 4.67. The number of methoxy groups -OCH3 is 1. The van der Waals surface area contributed by atoms with E-state index in [0.717, 1.165) is 11.8 Å². The van der Waals surface area contributed by atoms with E-state index in [1.807, 2.05) is 0 Å². The first-order chi connectivity index (χ1) is 7.81. The Labute approximate surface area is 93.8 Å². The van der Waals surface area contributed by atoms with Gasteiger partial charge in [0.25, 0.3) is 0 Å². The van der Waals surface area contributed by atoms with E-state index >= 15 is 0 Å². The Morgan fingerprint density at radius 1 is 1.31 bits per heavy atom. The highest BCUT2D eigenvalue weighted by molar-refractivity contribution is 5.75. The van der Waals surface area contributed by atoms with Crippen molar-refractivity contribution >= 4 is 6.29 Å². The number of hydrogen-bond acceptors (Lipinski definition) is 5. The van der Waals surface area contributed by atoms with E-state index in [2.05, 4.69) is 4.89 Å². The number of benzene rings is 1. The lowest BCUT2D eigenvalue weighted by Gasteiger charge is -2.10. The molecule has 0 bridgehead atoms. The zero-order chi connectivity index (χ0) is 11.8. The maximum absolute atomic E-state index is 10.6.